The first kappa shape index (κ1) is 24.9. The molecule has 3 fully saturated rings. The van der Waals surface area contributed by atoms with Crippen LogP contribution in [0.2, 0.25) is 0 Å². The maximum atomic E-state index is 13.8. The van der Waals surface area contributed by atoms with Gasteiger partial charge in [0.25, 0.3) is 5.56 Å². The highest BCUT2D eigenvalue weighted by Gasteiger charge is 2.29. The Kier molecular flexibility index (Phi) is 6.80. The molecule has 2 N–H and O–H groups in total. The van der Waals surface area contributed by atoms with Crippen molar-refractivity contribution in [3.8, 4) is 11.4 Å². The number of H-pyrrole nitrogens is 1. The third-order valence-electron chi connectivity index (χ3n) is 8.67. The second-order valence-corrected chi connectivity index (χ2v) is 11.4. The lowest BCUT2D eigenvalue weighted by atomic mass is 9.94. The van der Waals surface area contributed by atoms with Crippen LogP contribution in [0, 0.1) is 5.92 Å². The standard InChI is InChI=1S/C28H37N7O3/c1-33-17-18(14-23(33)36)15-29-22-13-12-19(16-30-22)25-31-24-26(32-25)34(20-8-4-2-5-9-20)28(38)35(27(24)37)21-10-6-3-7-11-21/h12-13,16,18,20-21H,2-11,14-15,17H2,1H3,(H,29,30)(H,31,32). The third kappa shape index (κ3) is 4.65. The summed E-state index contributed by atoms with van der Waals surface area (Å²) in [6, 6.07) is 3.83. The summed E-state index contributed by atoms with van der Waals surface area (Å²) in [6.45, 7) is 1.44. The van der Waals surface area contributed by atoms with Crippen LogP contribution >= 0.6 is 0 Å². The van der Waals surface area contributed by atoms with Gasteiger partial charge in [0.15, 0.2) is 5.65 Å². The monoisotopic (exact) mass is 519 g/mol. The molecule has 0 aromatic carbocycles. The van der Waals surface area contributed by atoms with Gasteiger partial charge in [0, 0.05) is 56.3 Å². The fourth-order valence-corrected chi connectivity index (χ4v) is 6.55. The van der Waals surface area contributed by atoms with Crippen molar-refractivity contribution in [3.05, 3.63) is 39.2 Å². The maximum absolute atomic E-state index is 13.8. The second-order valence-electron chi connectivity index (χ2n) is 11.4. The smallest absolute Gasteiger partial charge is 0.333 e. The molecule has 2 saturated carbocycles. The zero-order valence-corrected chi connectivity index (χ0v) is 22.1. The highest BCUT2D eigenvalue weighted by Crippen LogP contribution is 2.31. The number of amides is 1. The molecule has 2 aliphatic carbocycles. The van der Waals surface area contributed by atoms with E-state index in [1.165, 1.54) is 11.0 Å². The fourth-order valence-electron chi connectivity index (χ4n) is 6.55. The number of pyridine rings is 1. The quantitative estimate of drug-likeness (QED) is 0.511. The van der Waals surface area contributed by atoms with Gasteiger partial charge in [-0.3, -0.25) is 18.7 Å². The predicted octanol–water partition coefficient (Wildman–Crippen LogP) is 3.85. The van der Waals surface area contributed by atoms with E-state index in [0.717, 1.165) is 75.7 Å². The fraction of sp³-hybridized carbons (Fsp3) is 0.607. The number of nitrogens with one attached hydrogen (secondary N) is 2. The number of likely N-dealkylation sites (tertiary alicyclic amines) is 1. The predicted molar refractivity (Wildman–Crippen MR) is 146 cm³/mol. The van der Waals surface area contributed by atoms with Crippen molar-refractivity contribution in [2.75, 3.05) is 25.5 Å². The lowest BCUT2D eigenvalue weighted by Gasteiger charge is -2.28. The van der Waals surface area contributed by atoms with Crippen molar-refractivity contribution in [1.82, 2.24) is 29.0 Å². The van der Waals surface area contributed by atoms with Crippen LogP contribution in [0.15, 0.2) is 27.9 Å². The van der Waals surface area contributed by atoms with Crippen LogP contribution < -0.4 is 16.6 Å². The van der Waals surface area contributed by atoms with E-state index >= 15 is 0 Å². The molecular weight excluding hydrogens is 482 g/mol. The highest BCUT2D eigenvalue weighted by molar-refractivity contribution is 5.78. The summed E-state index contributed by atoms with van der Waals surface area (Å²) in [5.74, 6) is 1.72. The van der Waals surface area contributed by atoms with Gasteiger partial charge in [0.2, 0.25) is 5.91 Å². The van der Waals surface area contributed by atoms with Gasteiger partial charge < -0.3 is 15.2 Å². The van der Waals surface area contributed by atoms with E-state index in [0.29, 0.717) is 30.0 Å². The Morgan fingerprint density at radius 1 is 0.947 bits per heavy atom. The zero-order chi connectivity index (χ0) is 26.2. The summed E-state index contributed by atoms with van der Waals surface area (Å²) in [5.41, 5.74) is 1.17. The van der Waals surface area contributed by atoms with E-state index in [-0.39, 0.29) is 35.2 Å². The van der Waals surface area contributed by atoms with Crippen molar-refractivity contribution < 1.29 is 4.79 Å². The minimum absolute atomic E-state index is 0.0447. The van der Waals surface area contributed by atoms with Gasteiger partial charge in [-0.1, -0.05) is 38.5 Å². The number of anilines is 1. The van der Waals surface area contributed by atoms with Gasteiger partial charge in [0.05, 0.1) is 0 Å². The maximum Gasteiger partial charge on any atom is 0.333 e. The van der Waals surface area contributed by atoms with Crippen LogP contribution in [0.3, 0.4) is 0 Å². The van der Waals surface area contributed by atoms with Crippen molar-refractivity contribution in [2.24, 2.45) is 5.92 Å². The average molecular weight is 520 g/mol. The molecule has 10 heteroatoms. The number of carbonyl (C=O) groups is 1. The number of hydrogen-bond acceptors (Lipinski definition) is 6. The Morgan fingerprint density at radius 2 is 1.63 bits per heavy atom. The van der Waals surface area contributed by atoms with Gasteiger partial charge in [-0.15, -0.1) is 0 Å². The molecule has 202 valence electrons. The second kappa shape index (κ2) is 10.4. The number of aromatic amines is 1. The summed E-state index contributed by atoms with van der Waals surface area (Å²) in [4.78, 5) is 53.7. The normalized spacial score (nSPS) is 21.4. The first-order chi connectivity index (χ1) is 18.5. The van der Waals surface area contributed by atoms with Crippen molar-refractivity contribution >= 4 is 22.9 Å². The molecule has 10 nitrogen and oxygen atoms in total. The molecule has 1 atom stereocenters. The van der Waals surface area contributed by atoms with E-state index in [2.05, 4.69) is 15.3 Å². The van der Waals surface area contributed by atoms with E-state index in [1.54, 1.807) is 11.1 Å². The number of imidazole rings is 1. The molecule has 4 heterocycles. The summed E-state index contributed by atoms with van der Waals surface area (Å²) in [7, 11) is 1.83. The van der Waals surface area contributed by atoms with Gasteiger partial charge >= 0.3 is 5.69 Å². The van der Waals surface area contributed by atoms with Crippen LogP contribution in [0.1, 0.15) is 82.7 Å². The van der Waals surface area contributed by atoms with Crippen LogP contribution in [-0.4, -0.2) is 55.0 Å². The van der Waals surface area contributed by atoms with Crippen LogP contribution in [0.5, 0.6) is 0 Å². The van der Waals surface area contributed by atoms with Crippen molar-refractivity contribution in [2.45, 2.75) is 82.7 Å². The number of hydrogen-bond donors (Lipinski definition) is 2. The number of aromatic nitrogens is 5. The summed E-state index contributed by atoms with van der Waals surface area (Å²) in [5, 5.41) is 3.33. The lowest BCUT2D eigenvalue weighted by molar-refractivity contribution is -0.126. The molecule has 1 amide bonds. The number of fused-ring (bicyclic) bond motifs is 1. The Morgan fingerprint density at radius 3 is 2.24 bits per heavy atom. The molecule has 1 aliphatic heterocycles. The van der Waals surface area contributed by atoms with Crippen molar-refractivity contribution in [3.63, 3.8) is 0 Å². The van der Waals surface area contributed by atoms with Crippen LogP contribution in [0.4, 0.5) is 5.82 Å². The minimum atomic E-state index is -0.259. The molecule has 6 rings (SSSR count). The van der Waals surface area contributed by atoms with E-state index < -0.39 is 0 Å². The minimum Gasteiger partial charge on any atom is -0.370 e. The summed E-state index contributed by atoms with van der Waals surface area (Å²) >= 11 is 0. The lowest BCUT2D eigenvalue weighted by Crippen LogP contribution is -2.44. The Bertz CT molecular complexity index is 1430. The SMILES string of the molecule is CN1CC(CNc2ccc(-c3nc4c([nH]3)c(=O)n(C3CCCCC3)c(=O)n4C3CCCCC3)cn2)CC1=O. The summed E-state index contributed by atoms with van der Waals surface area (Å²) in [6.07, 6.45) is 12.5. The number of rotatable bonds is 6. The first-order valence-corrected chi connectivity index (χ1v) is 14.2. The van der Waals surface area contributed by atoms with Crippen LogP contribution in [-0.2, 0) is 4.79 Å². The van der Waals surface area contributed by atoms with Gasteiger partial charge in [0.1, 0.15) is 17.2 Å². The highest BCUT2D eigenvalue weighted by atomic mass is 16.2. The molecule has 38 heavy (non-hydrogen) atoms. The molecular formula is C28H37N7O3. The van der Waals surface area contributed by atoms with E-state index in [4.69, 9.17) is 4.98 Å². The van der Waals surface area contributed by atoms with E-state index in [9.17, 15) is 14.4 Å². The third-order valence-corrected chi connectivity index (χ3v) is 8.67. The molecule has 1 unspecified atom stereocenters. The molecule has 1 saturated heterocycles. The first-order valence-electron chi connectivity index (χ1n) is 14.2. The molecule has 3 aromatic rings. The average Bonchev–Trinajstić information content (AvgIpc) is 3.52. The van der Waals surface area contributed by atoms with Gasteiger partial charge in [-0.05, 0) is 37.8 Å². The van der Waals surface area contributed by atoms with Gasteiger partial charge in [-0.25, -0.2) is 14.8 Å². The Balaban J connectivity index is 1.33. The molecule has 3 aromatic heterocycles. The molecule has 0 radical (unpaired) electrons. The van der Waals surface area contributed by atoms with Gasteiger partial charge in [-0.2, -0.15) is 0 Å². The molecule has 0 bridgehead atoms. The molecule has 0 spiro atoms. The zero-order valence-electron chi connectivity index (χ0n) is 22.1. The Hall–Kier alpha value is -3.43. The topological polar surface area (TPSA) is 118 Å². The summed E-state index contributed by atoms with van der Waals surface area (Å²) < 4.78 is 3.34. The number of carbonyl (C=O) groups excluding carboxylic acids is 1. The Labute approximate surface area is 221 Å². The van der Waals surface area contributed by atoms with Crippen LogP contribution in [0.25, 0.3) is 22.6 Å². The largest absolute Gasteiger partial charge is 0.370 e. The number of nitrogens with zero attached hydrogens (tertiary/aromatic N) is 5. The van der Waals surface area contributed by atoms with Crippen molar-refractivity contribution in [1.29, 1.82) is 0 Å². The van der Waals surface area contributed by atoms with E-state index in [1.807, 2.05) is 23.7 Å². The molecule has 3 aliphatic rings.